The van der Waals surface area contributed by atoms with Crippen LogP contribution in [0.1, 0.15) is 63.3 Å². The molecule has 1 aliphatic heterocycles. The molecule has 0 radical (unpaired) electrons. The van der Waals surface area contributed by atoms with E-state index in [0.717, 1.165) is 41.1 Å². The van der Waals surface area contributed by atoms with Gasteiger partial charge in [0.25, 0.3) is 0 Å². The molecular weight excluding hydrogens is 494 g/mol. The van der Waals surface area contributed by atoms with E-state index in [2.05, 4.69) is 15.0 Å². The first kappa shape index (κ1) is 25.0. The standard InChI is InChI=1S/C29H31N7O3/c1-17(2)39-22-6-5-14-30-25(22)20-9-7-19(8-10-20)18(3)36-23(37)13-15-35-29(36)33-27(34-35)24-26(21-11-12-21)31-16-32-28(24)38-4/h5-10,14,16-18,21H,11-13,15H2,1-4H3. The molecule has 39 heavy (non-hydrogen) atoms. The highest BCUT2D eigenvalue weighted by atomic mass is 16.5. The molecule has 6 rings (SSSR count). The number of aryl methyl sites for hydroxylation is 1. The minimum Gasteiger partial charge on any atom is -0.489 e. The van der Waals surface area contributed by atoms with E-state index in [9.17, 15) is 4.79 Å². The summed E-state index contributed by atoms with van der Waals surface area (Å²) in [7, 11) is 1.59. The van der Waals surface area contributed by atoms with Crippen molar-refractivity contribution in [3.05, 3.63) is 60.2 Å². The zero-order valence-electron chi connectivity index (χ0n) is 22.5. The van der Waals surface area contributed by atoms with Gasteiger partial charge in [0.15, 0.2) is 5.82 Å². The minimum atomic E-state index is -0.255. The van der Waals surface area contributed by atoms with E-state index >= 15 is 0 Å². The normalized spacial score (nSPS) is 15.8. The average Bonchev–Trinajstić information content (AvgIpc) is 3.71. The quantitative estimate of drug-likeness (QED) is 0.317. The number of amides is 1. The molecule has 0 N–H and O–H groups in total. The lowest BCUT2D eigenvalue weighted by Crippen LogP contribution is -2.39. The molecule has 0 saturated heterocycles. The van der Waals surface area contributed by atoms with Crippen molar-refractivity contribution >= 4 is 11.9 Å². The van der Waals surface area contributed by atoms with Gasteiger partial charge in [-0.05, 0) is 51.3 Å². The molecule has 4 heterocycles. The number of hydrogen-bond acceptors (Lipinski definition) is 8. The fraction of sp³-hybridized carbons (Fsp3) is 0.379. The number of nitrogens with zero attached hydrogens (tertiary/aromatic N) is 7. The van der Waals surface area contributed by atoms with Crippen LogP contribution in [0.5, 0.6) is 11.6 Å². The Kier molecular flexibility index (Phi) is 6.46. The lowest BCUT2D eigenvalue weighted by molar-refractivity contribution is -0.120. The smallest absolute Gasteiger partial charge is 0.231 e. The number of benzene rings is 1. The van der Waals surface area contributed by atoms with Crippen LogP contribution in [0.4, 0.5) is 5.95 Å². The first-order valence-electron chi connectivity index (χ1n) is 13.3. The van der Waals surface area contributed by atoms with Crippen molar-refractivity contribution in [3.63, 3.8) is 0 Å². The van der Waals surface area contributed by atoms with E-state index in [0.29, 0.717) is 42.1 Å². The van der Waals surface area contributed by atoms with E-state index < -0.39 is 0 Å². The van der Waals surface area contributed by atoms with Gasteiger partial charge in [-0.15, -0.1) is 5.10 Å². The molecule has 1 aromatic carbocycles. The average molecular weight is 526 g/mol. The summed E-state index contributed by atoms with van der Waals surface area (Å²) in [6, 6.07) is 11.6. The number of carbonyl (C=O) groups excluding carboxylic acids is 1. The highest BCUT2D eigenvalue weighted by molar-refractivity contribution is 5.94. The molecule has 1 amide bonds. The van der Waals surface area contributed by atoms with Gasteiger partial charge in [-0.25, -0.2) is 14.6 Å². The second-order valence-electron chi connectivity index (χ2n) is 10.2. The van der Waals surface area contributed by atoms with Crippen LogP contribution < -0.4 is 14.4 Å². The number of ether oxygens (including phenoxy) is 2. The first-order valence-corrected chi connectivity index (χ1v) is 13.3. The van der Waals surface area contributed by atoms with Crippen molar-refractivity contribution in [1.29, 1.82) is 0 Å². The highest BCUT2D eigenvalue weighted by Crippen LogP contribution is 2.45. The molecule has 1 aliphatic carbocycles. The maximum absolute atomic E-state index is 13.2. The molecule has 1 saturated carbocycles. The molecule has 200 valence electrons. The van der Waals surface area contributed by atoms with Gasteiger partial charge in [0, 0.05) is 24.1 Å². The zero-order valence-corrected chi connectivity index (χ0v) is 22.5. The second kappa shape index (κ2) is 10.1. The van der Waals surface area contributed by atoms with E-state index in [4.69, 9.17) is 19.6 Å². The van der Waals surface area contributed by atoms with Crippen molar-refractivity contribution in [2.75, 3.05) is 12.0 Å². The van der Waals surface area contributed by atoms with Crippen LogP contribution in [0.2, 0.25) is 0 Å². The SMILES string of the molecule is COc1ncnc(C2CC2)c1-c1nc2n(n1)CCC(=O)N2C(C)c1ccc(-c2ncccc2OC(C)C)cc1. The maximum Gasteiger partial charge on any atom is 0.231 e. The van der Waals surface area contributed by atoms with Crippen molar-refractivity contribution < 1.29 is 14.3 Å². The van der Waals surface area contributed by atoms with Gasteiger partial charge < -0.3 is 9.47 Å². The third-order valence-electron chi connectivity index (χ3n) is 7.08. The van der Waals surface area contributed by atoms with Crippen molar-refractivity contribution in [1.82, 2.24) is 29.7 Å². The van der Waals surface area contributed by atoms with E-state index in [-0.39, 0.29) is 18.1 Å². The van der Waals surface area contributed by atoms with Crippen LogP contribution in [0.3, 0.4) is 0 Å². The molecular formula is C29H31N7O3. The first-order chi connectivity index (χ1) is 18.9. The number of fused-ring (bicyclic) bond motifs is 1. The number of hydrogen-bond donors (Lipinski definition) is 0. The topological polar surface area (TPSA) is 108 Å². The van der Waals surface area contributed by atoms with E-state index in [1.807, 2.05) is 57.2 Å². The van der Waals surface area contributed by atoms with Crippen LogP contribution >= 0.6 is 0 Å². The predicted octanol–water partition coefficient (Wildman–Crippen LogP) is 4.97. The van der Waals surface area contributed by atoms with Gasteiger partial charge in [0.05, 0.1) is 31.5 Å². The molecule has 10 heteroatoms. The van der Waals surface area contributed by atoms with Crippen molar-refractivity contribution in [3.8, 4) is 34.3 Å². The molecule has 1 unspecified atom stereocenters. The summed E-state index contributed by atoms with van der Waals surface area (Å²) in [5, 5.41) is 4.78. The molecule has 4 aromatic rings. The summed E-state index contributed by atoms with van der Waals surface area (Å²) in [5.41, 5.74) is 4.33. The molecule has 0 spiro atoms. The fourth-order valence-corrected chi connectivity index (χ4v) is 5.03. The number of anilines is 1. The molecule has 2 aliphatic rings. The fourth-order valence-electron chi connectivity index (χ4n) is 5.03. The molecule has 0 bridgehead atoms. The van der Waals surface area contributed by atoms with E-state index in [1.54, 1.807) is 22.9 Å². The predicted molar refractivity (Wildman–Crippen MR) is 146 cm³/mol. The largest absolute Gasteiger partial charge is 0.489 e. The van der Waals surface area contributed by atoms with Gasteiger partial charge in [0.1, 0.15) is 23.3 Å². The summed E-state index contributed by atoms with van der Waals surface area (Å²) >= 11 is 0. The minimum absolute atomic E-state index is 0.00839. The summed E-state index contributed by atoms with van der Waals surface area (Å²) in [6.45, 7) is 6.47. The lowest BCUT2D eigenvalue weighted by Gasteiger charge is -2.31. The Labute approximate surface area is 227 Å². The van der Waals surface area contributed by atoms with Gasteiger partial charge in [-0.2, -0.15) is 4.98 Å². The lowest BCUT2D eigenvalue weighted by atomic mass is 10.0. The monoisotopic (exact) mass is 525 g/mol. The van der Waals surface area contributed by atoms with Gasteiger partial charge in [0.2, 0.25) is 17.7 Å². The Morgan fingerprint density at radius 1 is 1.03 bits per heavy atom. The Bertz CT molecular complexity index is 1510. The Hall–Kier alpha value is -4.34. The molecule has 1 fully saturated rings. The summed E-state index contributed by atoms with van der Waals surface area (Å²) < 4.78 is 13.3. The number of rotatable bonds is 8. The molecule has 10 nitrogen and oxygen atoms in total. The van der Waals surface area contributed by atoms with Crippen molar-refractivity contribution in [2.45, 2.75) is 64.6 Å². The zero-order chi connectivity index (χ0) is 27.1. The highest BCUT2D eigenvalue weighted by Gasteiger charge is 2.36. The van der Waals surface area contributed by atoms with E-state index in [1.165, 1.54) is 6.33 Å². The Morgan fingerprint density at radius 2 is 1.82 bits per heavy atom. The van der Waals surface area contributed by atoms with Gasteiger partial charge in [-0.3, -0.25) is 14.7 Å². The maximum atomic E-state index is 13.2. The second-order valence-corrected chi connectivity index (χ2v) is 10.2. The van der Waals surface area contributed by atoms with Gasteiger partial charge >= 0.3 is 0 Å². The van der Waals surface area contributed by atoms with Crippen LogP contribution in [-0.2, 0) is 11.3 Å². The third kappa shape index (κ3) is 4.71. The van der Waals surface area contributed by atoms with Gasteiger partial charge in [-0.1, -0.05) is 24.3 Å². The Balaban J connectivity index is 1.33. The van der Waals surface area contributed by atoms with Crippen molar-refractivity contribution in [2.24, 2.45) is 0 Å². The Morgan fingerprint density at radius 3 is 2.54 bits per heavy atom. The number of carbonyl (C=O) groups is 1. The summed E-state index contributed by atoms with van der Waals surface area (Å²) in [5.74, 6) is 2.56. The summed E-state index contributed by atoms with van der Waals surface area (Å²) in [4.78, 5) is 33.2. The van der Waals surface area contributed by atoms with Crippen LogP contribution in [0, 0.1) is 0 Å². The van der Waals surface area contributed by atoms with Crippen LogP contribution in [0.15, 0.2) is 48.9 Å². The molecule has 1 atom stereocenters. The summed E-state index contributed by atoms with van der Waals surface area (Å²) in [6.07, 6.45) is 5.82. The third-order valence-corrected chi connectivity index (χ3v) is 7.08. The molecule has 3 aromatic heterocycles. The number of methoxy groups -OCH3 is 1. The van der Waals surface area contributed by atoms with Crippen LogP contribution in [-0.4, -0.2) is 48.8 Å². The van der Waals surface area contributed by atoms with Crippen LogP contribution in [0.25, 0.3) is 22.6 Å². The number of aromatic nitrogens is 6. The number of pyridine rings is 1.